The molecule has 0 radical (unpaired) electrons. The summed E-state index contributed by atoms with van der Waals surface area (Å²) in [6, 6.07) is 19.8. The van der Waals surface area contributed by atoms with E-state index in [1.807, 2.05) is 66.7 Å². The first-order valence-corrected chi connectivity index (χ1v) is 9.81. The number of hydrogen-bond acceptors (Lipinski definition) is 2. The quantitative estimate of drug-likeness (QED) is 0.681. The molecule has 0 unspecified atom stereocenters. The van der Waals surface area contributed by atoms with E-state index in [-0.39, 0.29) is 17.7 Å². The van der Waals surface area contributed by atoms with Crippen molar-refractivity contribution in [3.05, 3.63) is 84.4 Å². The molecule has 2 aromatic rings. The first-order valence-electron chi connectivity index (χ1n) is 9.81. The molecule has 3 nitrogen and oxygen atoms in total. The van der Waals surface area contributed by atoms with Gasteiger partial charge in [-0.15, -0.1) is 6.58 Å². The molecule has 1 fully saturated rings. The van der Waals surface area contributed by atoms with Gasteiger partial charge in [-0.05, 0) is 30.5 Å². The van der Waals surface area contributed by atoms with E-state index in [0.717, 1.165) is 36.8 Å². The van der Waals surface area contributed by atoms with Gasteiger partial charge in [-0.1, -0.05) is 73.9 Å². The third kappa shape index (κ3) is 3.12. The molecule has 4 rings (SSSR count). The van der Waals surface area contributed by atoms with Crippen molar-refractivity contribution in [3.63, 3.8) is 0 Å². The number of ether oxygens (including phenoxy) is 1. The van der Waals surface area contributed by atoms with E-state index in [9.17, 15) is 4.79 Å². The van der Waals surface area contributed by atoms with Crippen molar-refractivity contribution in [2.24, 2.45) is 10.9 Å². The van der Waals surface area contributed by atoms with Crippen LogP contribution in [0.4, 0.5) is 0 Å². The summed E-state index contributed by atoms with van der Waals surface area (Å²) in [6.45, 7) is 4.07. The molecule has 138 valence electrons. The highest BCUT2D eigenvalue weighted by atomic mass is 16.5. The third-order valence-corrected chi connectivity index (χ3v) is 5.89. The molecule has 1 heterocycles. The molecule has 1 aliphatic heterocycles. The van der Waals surface area contributed by atoms with Gasteiger partial charge >= 0.3 is 0 Å². The molecular formula is C24H25NO2. The Morgan fingerprint density at radius 1 is 1.00 bits per heavy atom. The molecular weight excluding hydrogens is 334 g/mol. The molecule has 0 saturated heterocycles. The summed E-state index contributed by atoms with van der Waals surface area (Å²) in [6.07, 6.45) is 7.31. The van der Waals surface area contributed by atoms with Gasteiger partial charge in [0.05, 0.1) is 5.92 Å². The molecule has 1 aliphatic carbocycles. The van der Waals surface area contributed by atoms with Gasteiger partial charge in [0.25, 0.3) is 5.91 Å². The minimum Gasteiger partial charge on any atom is -0.459 e. The first-order chi connectivity index (χ1) is 13.3. The Morgan fingerprint density at radius 2 is 1.63 bits per heavy atom. The van der Waals surface area contributed by atoms with Gasteiger partial charge in [-0.3, -0.25) is 4.79 Å². The Hall–Kier alpha value is -2.68. The Bertz CT molecular complexity index is 837. The largest absolute Gasteiger partial charge is 0.459 e. The van der Waals surface area contributed by atoms with Gasteiger partial charge in [-0.25, -0.2) is 0 Å². The zero-order valence-electron chi connectivity index (χ0n) is 15.5. The van der Waals surface area contributed by atoms with E-state index < -0.39 is 5.60 Å². The minimum absolute atomic E-state index is 0.145. The highest BCUT2D eigenvalue weighted by Crippen LogP contribution is 2.48. The Morgan fingerprint density at radius 3 is 2.26 bits per heavy atom. The molecule has 0 aromatic heterocycles. The fourth-order valence-corrected chi connectivity index (χ4v) is 4.57. The molecule has 1 amide bonds. The standard InChI is InChI=1S/C24H25NO2/c1-2-21(18-12-6-3-7-13-18)24(20-16-10-5-11-17-20)23(26)25-22(27-24)19-14-8-4-9-15-19/h2-4,6-9,12-15,20-21H,1,5,10-11,16-17H2/t21-,24+/m0/s1. The Balaban J connectivity index is 1.78. The van der Waals surface area contributed by atoms with Crippen molar-refractivity contribution in [2.45, 2.75) is 43.6 Å². The molecule has 3 heteroatoms. The number of amides is 1. The number of rotatable bonds is 5. The Kier molecular flexibility index (Phi) is 4.93. The average Bonchev–Trinajstić information content (AvgIpc) is 3.09. The van der Waals surface area contributed by atoms with Crippen LogP contribution in [0.3, 0.4) is 0 Å². The monoisotopic (exact) mass is 359 g/mol. The normalized spacial score (nSPS) is 24.1. The average molecular weight is 359 g/mol. The van der Waals surface area contributed by atoms with E-state index in [1.165, 1.54) is 6.42 Å². The number of hydrogen-bond donors (Lipinski definition) is 0. The summed E-state index contributed by atoms with van der Waals surface area (Å²) >= 11 is 0. The number of nitrogens with zero attached hydrogens (tertiary/aromatic N) is 1. The molecule has 0 N–H and O–H groups in total. The fraction of sp³-hybridized carbons (Fsp3) is 0.333. The number of carbonyl (C=O) groups is 1. The van der Waals surface area contributed by atoms with Crippen LogP contribution in [-0.2, 0) is 9.53 Å². The lowest BCUT2D eigenvalue weighted by molar-refractivity contribution is -0.138. The van der Waals surface area contributed by atoms with E-state index >= 15 is 0 Å². The maximum Gasteiger partial charge on any atom is 0.294 e. The Labute approximate surface area is 160 Å². The molecule has 0 spiro atoms. The molecule has 27 heavy (non-hydrogen) atoms. The van der Waals surface area contributed by atoms with Gasteiger partial charge in [0.2, 0.25) is 11.5 Å². The van der Waals surface area contributed by atoms with Gasteiger partial charge in [0.15, 0.2) is 0 Å². The molecule has 2 aromatic carbocycles. The second kappa shape index (κ2) is 7.51. The van der Waals surface area contributed by atoms with Gasteiger partial charge in [0.1, 0.15) is 0 Å². The van der Waals surface area contributed by atoms with Crippen LogP contribution in [0.2, 0.25) is 0 Å². The van der Waals surface area contributed by atoms with Crippen LogP contribution in [0.1, 0.15) is 49.1 Å². The van der Waals surface area contributed by atoms with Crippen molar-refractivity contribution in [1.82, 2.24) is 0 Å². The van der Waals surface area contributed by atoms with E-state index in [1.54, 1.807) is 0 Å². The third-order valence-electron chi connectivity index (χ3n) is 5.89. The second-order valence-electron chi connectivity index (χ2n) is 7.44. The van der Waals surface area contributed by atoms with Crippen molar-refractivity contribution < 1.29 is 9.53 Å². The number of aliphatic imine (C=N–C) groups is 1. The van der Waals surface area contributed by atoms with Gasteiger partial charge in [0, 0.05) is 11.5 Å². The van der Waals surface area contributed by atoms with Crippen LogP contribution >= 0.6 is 0 Å². The first kappa shape index (κ1) is 17.7. The van der Waals surface area contributed by atoms with E-state index in [2.05, 4.69) is 11.6 Å². The zero-order valence-corrected chi connectivity index (χ0v) is 15.5. The predicted octanol–water partition coefficient (Wildman–Crippen LogP) is 5.28. The van der Waals surface area contributed by atoms with E-state index in [4.69, 9.17) is 4.74 Å². The lowest BCUT2D eigenvalue weighted by Crippen LogP contribution is -2.50. The summed E-state index contributed by atoms with van der Waals surface area (Å²) in [7, 11) is 0. The topological polar surface area (TPSA) is 38.7 Å². The fourth-order valence-electron chi connectivity index (χ4n) is 4.57. The lowest BCUT2D eigenvalue weighted by atomic mass is 9.68. The zero-order chi connectivity index (χ0) is 18.7. The van der Waals surface area contributed by atoms with Crippen LogP contribution in [0.25, 0.3) is 0 Å². The van der Waals surface area contributed by atoms with Crippen LogP contribution in [0.5, 0.6) is 0 Å². The van der Waals surface area contributed by atoms with Crippen LogP contribution in [0, 0.1) is 5.92 Å². The molecule has 1 saturated carbocycles. The van der Waals surface area contributed by atoms with Crippen LogP contribution in [-0.4, -0.2) is 17.4 Å². The highest BCUT2D eigenvalue weighted by molar-refractivity contribution is 6.10. The van der Waals surface area contributed by atoms with Crippen molar-refractivity contribution in [2.75, 3.05) is 0 Å². The number of carbonyl (C=O) groups excluding carboxylic acids is 1. The van der Waals surface area contributed by atoms with Crippen LogP contribution in [0.15, 0.2) is 78.3 Å². The van der Waals surface area contributed by atoms with Crippen molar-refractivity contribution in [3.8, 4) is 0 Å². The smallest absolute Gasteiger partial charge is 0.294 e. The second-order valence-corrected chi connectivity index (χ2v) is 7.44. The van der Waals surface area contributed by atoms with Gasteiger partial charge in [-0.2, -0.15) is 4.99 Å². The van der Waals surface area contributed by atoms with E-state index in [0.29, 0.717) is 5.90 Å². The molecule has 2 aliphatic rings. The van der Waals surface area contributed by atoms with Crippen LogP contribution < -0.4 is 0 Å². The highest BCUT2D eigenvalue weighted by Gasteiger charge is 2.57. The summed E-state index contributed by atoms with van der Waals surface area (Å²) in [5, 5.41) is 0. The summed E-state index contributed by atoms with van der Waals surface area (Å²) in [5.74, 6) is 0.196. The minimum atomic E-state index is -0.991. The summed E-state index contributed by atoms with van der Waals surface area (Å²) < 4.78 is 6.52. The maximum absolute atomic E-state index is 13.4. The lowest BCUT2D eigenvalue weighted by Gasteiger charge is -2.41. The number of benzene rings is 2. The maximum atomic E-state index is 13.4. The SMILES string of the molecule is C=C[C@@H](c1ccccc1)[C@@]1(C2CCCCC2)OC(c2ccccc2)=NC1=O. The molecule has 2 atom stereocenters. The van der Waals surface area contributed by atoms with Gasteiger partial charge < -0.3 is 4.74 Å². The summed E-state index contributed by atoms with van der Waals surface area (Å²) in [4.78, 5) is 17.8. The van der Waals surface area contributed by atoms with Crippen molar-refractivity contribution in [1.29, 1.82) is 0 Å². The summed E-state index contributed by atoms with van der Waals surface area (Å²) in [5.41, 5.74) is 0.907. The molecule has 0 bridgehead atoms. The predicted molar refractivity (Wildman–Crippen MR) is 108 cm³/mol. The van der Waals surface area contributed by atoms with Crippen molar-refractivity contribution >= 4 is 11.8 Å².